The minimum atomic E-state index is -3.82. The minimum absolute atomic E-state index is 0.0699. The summed E-state index contributed by atoms with van der Waals surface area (Å²) in [6, 6.07) is 6.58. The van der Waals surface area contributed by atoms with Crippen molar-refractivity contribution in [3.05, 3.63) is 52.9 Å². The van der Waals surface area contributed by atoms with Gasteiger partial charge in [-0.25, -0.2) is 8.42 Å². The molecule has 0 unspecified atom stereocenters. The molecule has 0 amide bonds. The number of aliphatic carboxylic acids is 1. The first kappa shape index (κ1) is 16.4. The molecule has 7 heteroatoms. The van der Waals surface area contributed by atoms with E-state index in [1.165, 1.54) is 12.2 Å². The summed E-state index contributed by atoms with van der Waals surface area (Å²) in [5.41, 5.74) is 0.645. The fraction of sp³-hybridized carbons (Fsp3) is 0.154. The Morgan fingerprint density at radius 1 is 1.35 bits per heavy atom. The number of sulfonamides is 1. The number of carboxylic acid groups (broad SMARTS) is 1. The largest absolute Gasteiger partial charge is 0.480 e. The third-order valence-electron chi connectivity index (χ3n) is 2.31. The van der Waals surface area contributed by atoms with Gasteiger partial charge in [-0.3, -0.25) is 4.79 Å². The van der Waals surface area contributed by atoms with Crippen molar-refractivity contribution >= 4 is 33.7 Å². The van der Waals surface area contributed by atoms with E-state index in [-0.39, 0.29) is 6.54 Å². The molecule has 1 aromatic rings. The van der Waals surface area contributed by atoms with E-state index in [1.807, 2.05) is 0 Å². The molecule has 0 spiro atoms. The maximum Gasteiger partial charge on any atom is 0.318 e. The van der Waals surface area contributed by atoms with Gasteiger partial charge in [0.25, 0.3) is 0 Å². The SMILES string of the molecule is C=CCN(CC(=O)O)S(=O)(=O)C=Cc1ccc(Cl)cc1. The van der Waals surface area contributed by atoms with Gasteiger partial charge in [-0.1, -0.05) is 29.8 Å². The molecule has 1 aromatic carbocycles. The Bertz CT molecular complexity index is 608. The van der Waals surface area contributed by atoms with Crippen molar-refractivity contribution in [2.75, 3.05) is 13.1 Å². The molecule has 20 heavy (non-hydrogen) atoms. The molecule has 0 radical (unpaired) electrons. The Hall–Kier alpha value is -1.63. The van der Waals surface area contributed by atoms with Crippen molar-refractivity contribution < 1.29 is 18.3 Å². The van der Waals surface area contributed by atoms with Gasteiger partial charge in [-0.05, 0) is 23.8 Å². The van der Waals surface area contributed by atoms with Gasteiger partial charge in [-0.15, -0.1) is 6.58 Å². The van der Waals surface area contributed by atoms with Gasteiger partial charge in [0.15, 0.2) is 0 Å². The highest BCUT2D eigenvalue weighted by atomic mass is 35.5. The quantitative estimate of drug-likeness (QED) is 0.783. The summed E-state index contributed by atoms with van der Waals surface area (Å²) in [5, 5.41) is 10.2. The molecule has 108 valence electrons. The number of benzene rings is 1. The van der Waals surface area contributed by atoms with Crippen LogP contribution in [0.2, 0.25) is 5.02 Å². The monoisotopic (exact) mass is 315 g/mol. The summed E-state index contributed by atoms with van der Waals surface area (Å²) in [6.45, 7) is 2.73. The van der Waals surface area contributed by atoms with Crippen LogP contribution in [0.25, 0.3) is 6.08 Å². The van der Waals surface area contributed by atoms with Crippen molar-refractivity contribution in [1.29, 1.82) is 0 Å². The smallest absolute Gasteiger partial charge is 0.318 e. The van der Waals surface area contributed by atoms with E-state index >= 15 is 0 Å². The second kappa shape index (κ2) is 7.23. The van der Waals surface area contributed by atoms with Crippen LogP contribution in [0.5, 0.6) is 0 Å². The van der Waals surface area contributed by atoms with E-state index in [9.17, 15) is 13.2 Å². The number of carboxylic acids is 1. The Labute approximate surface area is 122 Å². The lowest BCUT2D eigenvalue weighted by atomic mass is 10.2. The molecule has 0 aliphatic heterocycles. The molecule has 0 fully saturated rings. The van der Waals surface area contributed by atoms with Crippen LogP contribution < -0.4 is 0 Å². The van der Waals surface area contributed by atoms with E-state index < -0.39 is 22.5 Å². The average Bonchev–Trinajstić information content (AvgIpc) is 2.37. The number of halogens is 1. The number of hydrogen-bond donors (Lipinski definition) is 1. The Morgan fingerprint density at radius 2 is 1.95 bits per heavy atom. The molecule has 1 N–H and O–H groups in total. The molecule has 0 heterocycles. The molecule has 1 rings (SSSR count). The number of hydrogen-bond acceptors (Lipinski definition) is 3. The highest BCUT2D eigenvalue weighted by Crippen LogP contribution is 2.12. The highest BCUT2D eigenvalue weighted by molar-refractivity contribution is 7.92. The lowest BCUT2D eigenvalue weighted by Gasteiger charge is -2.15. The van der Waals surface area contributed by atoms with Gasteiger partial charge in [0.2, 0.25) is 10.0 Å². The zero-order chi connectivity index (χ0) is 15.2. The van der Waals surface area contributed by atoms with Crippen molar-refractivity contribution in [2.24, 2.45) is 0 Å². The van der Waals surface area contributed by atoms with Gasteiger partial charge in [0, 0.05) is 17.0 Å². The molecule has 0 saturated heterocycles. The molecule has 0 aromatic heterocycles. The van der Waals surface area contributed by atoms with Crippen molar-refractivity contribution in [3.63, 3.8) is 0 Å². The molecule has 0 aliphatic carbocycles. The van der Waals surface area contributed by atoms with Crippen LogP contribution in [0.4, 0.5) is 0 Å². The van der Waals surface area contributed by atoms with E-state index in [0.29, 0.717) is 10.6 Å². The fourth-order valence-corrected chi connectivity index (χ4v) is 2.61. The van der Waals surface area contributed by atoms with Crippen LogP contribution in [0, 0.1) is 0 Å². The standard InChI is InChI=1S/C13H14ClNO4S/c1-2-8-15(10-13(16)17)20(18,19)9-7-11-3-5-12(14)6-4-11/h2-7,9H,1,8,10H2,(H,16,17). The van der Waals surface area contributed by atoms with Gasteiger partial charge < -0.3 is 5.11 Å². The molecule has 0 saturated carbocycles. The predicted octanol–water partition coefficient (Wildman–Crippen LogP) is 2.21. The Morgan fingerprint density at radius 3 is 2.45 bits per heavy atom. The lowest BCUT2D eigenvalue weighted by Crippen LogP contribution is -2.34. The summed E-state index contributed by atoms with van der Waals surface area (Å²) in [5.74, 6) is -1.23. The first-order valence-corrected chi connectivity index (χ1v) is 7.50. The van der Waals surface area contributed by atoms with Gasteiger partial charge in [0.1, 0.15) is 6.54 Å². The normalized spacial score (nSPS) is 11.9. The summed E-state index contributed by atoms with van der Waals surface area (Å²) >= 11 is 5.72. The van der Waals surface area contributed by atoms with Crippen molar-refractivity contribution in [2.45, 2.75) is 0 Å². The van der Waals surface area contributed by atoms with Crippen LogP contribution in [-0.4, -0.2) is 36.9 Å². The Balaban J connectivity index is 2.93. The Kier molecular flexibility index (Phi) is 5.94. The van der Waals surface area contributed by atoms with Crippen LogP contribution in [0.1, 0.15) is 5.56 Å². The summed E-state index contributed by atoms with van der Waals surface area (Å²) in [7, 11) is -3.82. The highest BCUT2D eigenvalue weighted by Gasteiger charge is 2.20. The summed E-state index contributed by atoms with van der Waals surface area (Å²) in [4.78, 5) is 10.7. The minimum Gasteiger partial charge on any atom is -0.480 e. The van der Waals surface area contributed by atoms with Gasteiger partial charge in [-0.2, -0.15) is 4.31 Å². The van der Waals surface area contributed by atoms with Crippen LogP contribution in [0.15, 0.2) is 42.3 Å². The van der Waals surface area contributed by atoms with Crippen molar-refractivity contribution in [3.8, 4) is 0 Å². The molecule has 5 nitrogen and oxygen atoms in total. The first-order chi connectivity index (χ1) is 9.35. The summed E-state index contributed by atoms with van der Waals surface area (Å²) < 4.78 is 24.8. The third kappa shape index (κ3) is 5.16. The number of rotatable bonds is 7. The molecular formula is C13H14ClNO4S. The molecule has 0 atom stereocenters. The lowest BCUT2D eigenvalue weighted by molar-refractivity contribution is -0.137. The first-order valence-electron chi connectivity index (χ1n) is 5.61. The summed E-state index contributed by atoms with van der Waals surface area (Å²) in [6.07, 6.45) is 2.71. The van der Waals surface area contributed by atoms with Crippen LogP contribution in [-0.2, 0) is 14.8 Å². The second-order valence-electron chi connectivity index (χ2n) is 3.87. The molecular weight excluding hydrogens is 302 g/mol. The van der Waals surface area contributed by atoms with Crippen LogP contribution in [0.3, 0.4) is 0 Å². The van der Waals surface area contributed by atoms with Gasteiger partial charge >= 0.3 is 5.97 Å². The number of nitrogens with zero attached hydrogens (tertiary/aromatic N) is 1. The molecule has 0 aliphatic rings. The second-order valence-corrected chi connectivity index (χ2v) is 6.13. The van der Waals surface area contributed by atoms with Gasteiger partial charge in [0.05, 0.1) is 0 Å². The molecule has 0 bridgehead atoms. The maximum atomic E-state index is 12.0. The maximum absolute atomic E-state index is 12.0. The van der Waals surface area contributed by atoms with Crippen LogP contribution >= 0.6 is 11.6 Å². The predicted molar refractivity (Wildman–Crippen MR) is 78.8 cm³/mol. The number of carbonyl (C=O) groups is 1. The topological polar surface area (TPSA) is 74.7 Å². The van der Waals surface area contributed by atoms with E-state index in [0.717, 1.165) is 9.71 Å². The van der Waals surface area contributed by atoms with E-state index in [1.54, 1.807) is 24.3 Å². The third-order valence-corrected chi connectivity index (χ3v) is 4.04. The van der Waals surface area contributed by atoms with Crippen molar-refractivity contribution in [1.82, 2.24) is 4.31 Å². The average molecular weight is 316 g/mol. The van der Waals surface area contributed by atoms with E-state index in [4.69, 9.17) is 16.7 Å². The zero-order valence-corrected chi connectivity index (χ0v) is 12.1. The van der Waals surface area contributed by atoms with E-state index in [2.05, 4.69) is 6.58 Å². The fourth-order valence-electron chi connectivity index (χ4n) is 1.38. The zero-order valence-electron chi connectivity index (χ0n) is 10.6.